The lowest BCUT2D eigenvalue weighted by Gasteiger charge is -1.95. The van der Waals surface area contributed by atoms with E-state index in [0.717, 1.165) is 11.4 Å². The quantitative estimate of drug-likeness (QED) is 0.452. The molecule has 1 rings (SSSR count). The molecule has 0 saturated carbocycles. The molecule has 0 fully saturated rings. The minimum atomic E-state index is 0.672. The van der Waals surface area contributed by atoms with Gasteiger partial charge in [0, 0.05) is 5.57 Å². The van der Waals surface area contributed by atoms with Crippen LogP contribution < -0.4 is 0 Å². The number of rotatable bonds is 4. The molecule has 64 valence electrons. The minimum absolute atomic E-state index is 0.672. The molecule has 1 heterocycles. The molecule has 3 heteroatoms. The molecule has 0 saturated heterocycles. The van der Waals surface area contributed by atoms with Gasteiger partial charge in [-0.15, -0.1) is 0 Å². The first-order valence-electron chi connectivity index (χ1n) is 4.07. The Kier molecular flexibility index (Phi) is 3.70. The van der Waals surface area contributed by atoms with Gasteiger partial charge in [0.15, 0.2) is 0 Å². The van der Waals surface area contributed by atoms with E-state index in [-0.39, 0.29) is 0 Å². The molecule has 0 bridgehead atoms. The van der Waals surface area contributed by atoms with Gasteiger partial charge < -0.3 is 4.90 Å². The monoisotopic (exact) mass is 170 g/mol. The Morgan fingerprint density at radius 1 is 1.38 bits per heavy atom. The molecule has 0 atom stereocenters. The maximum absolute atomic E-state index is 4.18. The molecule has 0 N–H and O–H groups in total. The van der Waals surface area contributed by atoms with Crippen LogP contribution in [0.2, 0.25) is 0 Å². The molecule has 0 aromatic carbocycles. The molecule has 0 aromatic heterocycles. The average Bonchev–Trinajstić information content (AvgIpc) is 2.65. The fourth-order valence-electron chi connectivity index (χ4n) is 0.933. The third-order valence-electron chi connectivity index (χ3n) is 1.54. The van der Waals surface area contributed by atoms with E-state index in [1.54, 1.807) is 18.3 Å². The summed E-state index contributed by atoms with van der Waals surface area (Å²) >= 11 is 0. The lowest BCUT2D eigenvalue weighted by Crippen LogP contribution is -1.92. The van der Waals surface area contributed by atoms with Crippen molar-refractivity contribution in [2.75, 3.05) is 0 Å². The lowest BCUT2D eigenvalue weighted by atomic mass is 10.0. The standard InChI is InChI=1S/C10H11BN2/c1-3-5-6-7-9(4-2)10-12-8-11-13-10/h3-8,11H,1-2H2/b6-5-,9-7+. The Balaban J connectivity index is 2.77. The third-order valence-corrected chi connectivity index (χ3v) is 1.54. The van der Waals surface area contributed by atoms with Crippen molar-refractivity contribution in [3.63, 3.8) is 0 Å². The summed E-state index contributed by atoms with van der Waals surface area (Å²) in [4.78, 5) is 8.29. The van der Waals surface area contributed by atoms with E-state index in [9.17, 15) is 0 Å². The molecule has 0 amide bonds. The summed E-state index contributed by atoms with van der Waals surface area (Å²) in [6.07, 6.45) is 10.9. The van der Waals surface area contributed by atoms with Gasteiger partial charge in [0.2, 0.25) is 0 Å². The van der Waals surface area contributed by atoms with Gasteiger partial charge >= 0.3 is 7.41 Å². The second-order valence-corrected chi connectivity index (χ2v) is 2.42. The van der Waals surface area contributed by atoms with Crippen molar-refractivity contribution < 1.29 is 0 Å². The Morgan fingerprint density at radius 2 is 2.23 bits per heavy atom. The fraction of sp³-hybridized carbons (Fsp3) is 0. The van der Waals surface area contributed by atoms with Crippen LogP contribution in [0.3, 0.4) is 0 Å². The number of hydrogen-bond donors (Lipinski definition) is 0. The van der Waals surface area contributed by atoms with Crippen molar-refractivity contribution >= 4 is 19.4 Å². The summed E-state index contributed by atoms with van der Waals surface area (Å²) in [5.74, 6) is 0.753. The van der Waals surface area contributed by atoms with Crippen LogP contribution in [0.25, 0.3) is 0 Å². The number of hydrogen-bond acceptors (Lipinski definition) is 2. The number of nitrogens with zero attached hydrogens (tertiary/aromatic N) is 2. The molecule has 0 unspecified atom stereocenters. The second kappa shape index (κ2) is 5.09. The van der Waals surface area contributed by atoms with Crippen LogP contribution in [0, 0.1) is 0 Å². The third kappa shape index (κ3) is 2.71. The van der Waals surface area contributed by atoms with Crippen molar-refractivity contribution in [2.24, 2.45) is 9.90 Å². The van der Waals surface area contributed by atoms with Gasteiger partial charge in [-0.05, 0) is 6.11 Å². The highest BCUT2D eigenvalue weighted by molar-refractivity contribution is 6.70. The summed E-state index contributed by atoms with van der Waals surface area (Å²) in [6.45, 7) is 7.28. The Bertz CT molecular complexity index is 322. The molecule has 13 heavy (non-hydrogen) atoms. The minimum Gasteiger partial charge on any atom is -0.323 e. The van der Waals surface area contributed by atoms with E-state index >= 15 is 0 Å². The topological polar surface area (TPSA) is 24.7 Å². The summed E-state index contributed by atoms with van der Waals surface area (Å²) in [5, 5.41) is 0. The van der Waals surface area contributed by atoms with Crippen LogP contribution in [0.5, 0.6) is 0 Å². The van der Waals surface area contributed by atoms with Crippen molar-refractivity contribution in [1.29, 1.82) is 0 Å². The number of allylic oxidation sites excluding steroid dienone is 4. The molecule has 0 aliphatic carbocycles. The van der Waals surface area contributed by atoms with Crippen molar-refractivity contribution in [3.8, 4) is 0 Å². The lowest BCUT2D eigenvalue weighted by molar-refractivity contribution is 1.62. The maximum Gasteiger partial charge on any atom is 0.308 e. The smallest absolute Gasteiger partial charge is 0.308 e. The molecule has 2 nitrogen and oxygen atoms in total. The zero-order valence-corrected chi connectivity index (χ0v) is 7.48. The highest BCUT2D eigenvalue weighted by atomic mass is 14.9. The van der Waals surface area contributed by atoms with E-state index in [1.807, 2.05) is 18.2 Å². The van der Waals surface area contributed by atoms with Crippen LogP contribution in [0.15, 0.2) is 59.0 Å². The van der Waals surface area contributed by atoms with E-state index in [0.29, 0.717) is 7.41 Å². The van der Waals surface area contributed by atoms with E-state index < -0.39 is 0 Å². The Hall–Kier alpha value is -1.64. The molecule has 0 radical (unpaired) electrons. The molecule has 1 aliphatic rings. The summed E-state index contributed by atoms with van der Waals surface area (Å²) in [6, 6.07) is 0. The second-order valence-electron chi connectivity index (χ2n) is 2.42. The number of amidine groups is 1. The van der Waals surface area contributed by atoms with E-state index in [2.05, 4.69) is 23.1 Å². The van der Waals surface area contributed by atoms with Gasteiger partial charge in [-0.2, -0.15) is 0 Å². The van der Waals surface area contributed by atoms with E-state index in [1.165, 1.54) is 0 Å². The summed E-state index contributed by atoms with van der Waals surface area (Å²) in [5.41, 5.74) is 0.937. The van der Waals surface area contributed by atoms with Crippen molar-refractivity contribution in [2.45, 2.75) is 0 Å². The molecular weight excluding hydrogens is 159 g/mol. The van der Waals surface area contributed by atoms with Gasteiger partial charge in [-0.25, -0.2) is 0 Å². The van der Waals surface area contributed by atoms with Gasteiger partial charge in [-0.3, -0.25) is 4.99 Å². The highest BCUT2D eigenvalue weighted by Gasteiger charge is 2.03. The van der Waals surface area contributed by atoms with Crippen LogP contribution in [-0.4, -0.2) is 19.4 Å². The zero-order valence-electron chi connectivity index (χ0n) is 7.48. The van der Waals surface area contributed by atoms with Crippen LogP contribution >= 0.6 is 0 Å². The first-order valence-corrected chi connectivity index (χ1v) is 4.07. The van der Waals surface area contributed by atoms with Gasteiger partial charge in [-0.1, -0.05) is 43.5 Å². The predicted octanol–water partition coefficient (Wildman–Crippen LogP) is 1.63. The first-order chi connectivity index (χ1) is 6.38. The maximum atomic E-state index is 4.18. The summed E-state index contributed by atoms with van der Waals surface area (Å²) < 4.78 is 0. The SMILES string of the molecule is C=C/C=C\C=C(/C=C)C1=NBC=N1. The van der Waals surface area contributed by atoms with Crippen LogP contribution in [-0.2, 0) is 0 Å². The van der Waals surface area contributed by atoms with Gasteiger partial charge in [0.05, 0.1) is 0 Å². The van der Waals surface area contributed by atoms with Crippen molar-refractivity contribution in [1.82, 2.24) is 0 Å². The normalized spacial score (nSPS) is 15.7. The van der Waals surface area contributed by atoms with Gasteiger partial charge in [0.1, 0.15) is 5.84 Å². The largest absolute Gasteiger partial charge is 0.323 e. The average molecular weight is 170 g/mol. The molecular formula is C10H11BN2. The van der Waals surface area contributed by atoms with Crippen LogP contribution in [0.4, 0.5) is 0 Å². The Labute approximate surface area is 79.1 Å². The fourth-order valence-corrected chi connectivity index (χ4v) is 0.933. The molecule has 0 spiro atoms. The Morgan fingerprint density at radius 3 is 2.77 bits per heavy atom. The van der Waals surface area contributed by atoms with E-state index in [4.69, 9.17) is 0 Å². The highest BCUT2D eigenvalue weighted by Crippen LogP contribution is 2.04. The predicted molar refractivity (Wildman–Crippen MR) is 60.7 cm³/mol. The molecule has 1 aliphatic heterocycles. The molecule has 0 aromatic rings. The van der Waals surface area contributed by atoms with Crippen LogP contribution in [0.1, 0.15) is 0 Å². The first kappa shape index (κ1) is 9.45. The summed E-state index contributed by atoms with van der Waals surface area (Å²) in [7, 11) is 0.672. The van der Waals surface area contributed by atoms with Gasteiger partial charge in [0.25, 0.3) is 0 Å². The van der Waals surface area contributed by atoms with Crippen molar-refractivity contribution in [3.05, 3.63) is 49.1 Å². The number of aliphatic imine (C=N–C) groups is 1. The zero-order chi connectivity index (χ0) is 9.52.